The monoisotopic (exact) mass is 419 g/mol. The summed E-state index contributed by atoms with van der Waals surface area (Å²) in [5, 5.41) is 7.10. The van der Waals surface area contributed by atoms with Gasteiger partial charge < -0.3 is 5.32 Å². The van der Waals surface area contributed by atoms with Gasteiger partial charge in [-0.15, -0.1) is 0 Å². The van der Waals surface area contributed by atoms with Crippen LogP contribution in [0.25, 0.3) is 0 Å². The predicted octanol–water partition coefficient (Wildman–Crippen LogP) is 7.53. The third-order valence-electron chi connectivity index (χ3n) is 3.65. The fraction of sp³-hybridized carbons (Fsp3) is 0.259. The van der Waals surface area contributed by atoms with Gasteiger partial charge in [0.25, 0.3) is 0 Å². The average molecular weight is 420 g/mol. The van der Waals surface area contributed by atoms with Crippen LogP contribution in [0.1, 0.15) is 52.7 Å². The maximum absolute atomic E-state index is 12.1. The SMILES string of the molecule is CC.CC.CC.O=C(NN=C(Cc1ccccc1)c1ccccc1)Nc1ccccc1. The maximum Gasteiger partial charge on any atom is 0.339 e. The lowest BCUT2D eigenvalue weighted by Gasteiger charge is -2.09. The Morgan fingerprint density at radius 2 is 1.13 bits per heavy atom. The summed E-state index contributed by atoms with van der Waals surface area (Å²) in [6.45, 7) is 12.0. The highest BCUT2D eigenvalue weighted by molar-refractivity contribution is 6.02. The molecule has 0 radical (unpaired) electrons. The van der Waals surface area contributed by atoms with Gasteiger partial charge in [0.05, 0.1) is 5.71 Å². The quantitative estimate of drug-likeness (QED) is 0.326. The van der Waals surface area contributed by atoms with Gasteiger partial charge in [-0.3, -0.25) is 0 Å². The number of carbonyl (C=O) groups excluding carboxylic acids is 1. The van der Waals surface area contributed by atoms with Crippen LogP contribution >= 0.6 is 0 Å². The molecular formula is C27H37N3O. The second kappa shape index (κ2) is 18.6. The molecule has 3 aromatic rings. The van der Waals surface area contributed by atoms with Crippen LogP contribution in [-0.4, -0.2) is 11.7 Å². The van der Waals surface area contributed by atoms with E-state index in [1.807, 2.05) is 133 Å². The minimum absolute atomic E-state index is 0.368. The van der Waals surface area contributed by atoms with Gasteiger partial charge in [0.1, 0.15) is 0 Å². The normalized spacial score (nSPS) is 9.42. The molecule has 0 spiro atoms. The molecule has 3 rings (SSSR count). The molecule has 0 bridgehead atoms. The molecule has 0 fully saturated rings. The molecule has 0 saturated carbocycles. The van der Waals surface area contributed by atoms with Gasteiger partial charge in [-0.2, -0.15) is 5.10 Å². The van der Waals surface area contributed by atoms with E-state index in [9.17, 15) is 4.79 Å². The number of rotatable bonds is 5. The van der Waals surface area contributed by atoms with Gasteiger partial charge in [-0.1, -0.05) is 120 Å². The lowest BCUT2D eigenvalue weighted by molar-refractivity contribution is 0.252. The fourth-order valence-corrected chi connectivity index (χ4v) is 2.42. The standard InChI is InChI=1S/C21H19N3O.3C2H6/c25-21(22-19-14-8-3-9-15-19)24-23-20(18-12-6-2-7-13-18)16-17-10-4-1-5-11-17;3*1-2/h1-15H,16H2,(H2,22,24,25);3*1-2H3. The van der Waals surface area contributed by atoms with E-state index in [2.05, 4.69) is 15.8 Å². The number of benzene rings is 3. The van der Waals surface area contributed by atoms with Gasteiger partial charge in [0.15, 0.2) is 0 Å². The predicted molar refractivity (Wildman–Crippen MR) is 136 cm³/mol. The van der Waals surface area contributed by atoms with Crippen molar-refractivity contribution in [2.45, 2.75) is 48.0 Å². The highest BCUT2D eigenvalue weighted by Crippen LogP contribution is 2.09. The Balaban J connectivity index is 0.00000138. The Bertz CT molecular complexity index is 832. The lowest BCUT2D eigenvalue weighted by atomic mass is 10.0. The molecule has 0 aliphatic rings. The van der Waals surface area contributed by atoms with Crippen LogP contribution in [0.2, 0.25) is 0 Å². The van der Waals surface area contributed by atoms with Gasteiger partial charge in [0.2, 0.25) is 0 Å². The summed E-state index contributed by atoms with van der Waals surface area (Å²) in [5.41, 5.74) is 6.22. The number of anilines is 1. The van der Waals surface area contributed by atoms with Crippen molar-refractivity contribution in [3.8, 4) is 0 Å². The van der Waals surface area contributed by atoms with Gasteiger partial charge >= 0.3 is 6.03 Å². The zero-order valence-corrected chi connectivity index (χ0v) is 19.7. The lowest BCUT2D eigenvalue weighted by Crippen LogP contribution is -2.26. The number of urea groups is 1. The molecule has 3 aromatic carbocycles. The second-order valence-corrected chi connectivity index (χ2v) is 5.52. The molecule has 0 aliphatic carbocycles. The largest absolute Gasteiger partial charge is 0.339 e. The molecule has 31 heavy (non-hydrogen) atoms. The topological polar surface area (TPSA) is 53.5 Å². The number of para-hydroxylation sites is 1. The first-order valence-corrected chi connectivity index (χ1v) is 11.1. The van der Waals surface area contributed by atoms with Crippen LogP contribution in [0, 0.1) is 0 Å². The number of hydrazone groups is 1. The van der Waals surface area contributed by atoms with E-state index in [4.69, 9.17) is 0 Å². The van der Waals surface area contributed by atoms with Crippen LogP contribution < -0.4 is 10.7 Å². The number of amides is 2. The summed E-state index contributed by atoms with van der Waals surface area (Å²) in [5.74, 6) is 0. The molecule has 0 unspecified atom stereocenters. The van der Waals surface area contributed by atoms with E-state index in [1.165, 1.54) is 0 Å². The van der Waals surface area contributed by atoms with E-state index in [0.29, 0.717) is 6.42 Å². The third-order valence-corrected chi connectivity index (χ3v) is 3.65. The van der Waals surface area contributed by atoms with Crippen LogP contribution in [0.4, 0.5) is 10.5 Å². The molecule has 2 N–H and O–H groups in total. The summed E-state index contributed by atoms with van der Waals surface area (Å²) in [7, 11) is 0. The van der Waals surface area contributed by atoms with Crippen molar-refractivity contribution >= 4 is 17.4 Å². The molecule has 0 heterocycles. The highest BCUT2D eigenvalue weighted by Gasteiger charge is 2.07. The van der Waals surface area contributed by atoms with Crippen LogP contribution in [0.3, 0.4) is 0 Å². The molecule has 0 atom stereocenters. The Morgan fingerprint density at radius 1 is 0.677 bits per heavy atom. The van der Waals surface area contributed by atoms with Crippen molar-refractivity contribution in [3.05, 3.63) is 102 Å². The van der Waals surface area contributed by atoms with Gasteiger partial charge in [-0.25, -0.2) is 10.2 Å². The smallest absolute Gasteiger partial charge is 0.307 e. The minimum Gasteiger partial charge on any atom is -0.307 e. The Hall–Kier alpha value is -3.40. The van der Waals surface area contributed by atoms with Crippen molar-refractivity contribution in [1.29, 1.82) is 0 Å². The van der Waals surface area contributed by atoms with Crippen LogP contribution in [0.15, 0.2) is 96.1 Å². The van der Waals surface area contributed by atoms with Crippen molar-refractivity contribution in [3.63, 3.8) is 0 Å². The molecule has 0 aliphatic heterocycles. The van der Waals surface area contributed by atoms with E-state index in [-0.39, 0.29) is 6.03 Å². The zero-order chi connectivity index (χ0) is 23.3. The number of carbonyl (C=O) groups is 1. The number of nitrogens with one attached hydrogen (secondary N) is 2. The van der Waals surface area contributed by atoms with Crippen molar-refractivity contribution in [2.24, 2.45) is 5.10 Å². The van der Waals surface area contributed by atoms with Gasteiger partial charge in [0, 0.05) is 12.1 Å². The Labute approximate surface area is 188 Å². The van der Waals surface area contributed by atoms with E-state index < -0.39 is 0 Å². The average Bonchev–Trinajstić information content (AvgIpc) is 2.87. The first-order valence-electron chi connectivity index (χ1n) is 11.1. The molecule has 166 valence electrons. The van der Waals surface area contributed by atoms with Crippen molar-refractivity contribution < 1.29 is 4.79 Å². The summed E-state index contributed by atoms with van der Waals surface area (Å²) >= 11 is 0. The third kappa shape index (κ3) is 11.4. The van der Waals surface area contributed by atoms with Gasteiger partial charge in [-0.05, 0) is 23.3 Å². The number of nitrogens with zero attached hydrogens (tertiary/aromatic N) is 1. The fourth-order valence-electron chi connectivity index (χ4n) is 2.42. The van der Waals surface area contributed by atoms with E-state index >= 15 is 0 Å². The summed E-state index contributed by atoms with van der Waals surface area (Å²) in [4.78, 5) is 12.1. The summed E-state index contributed by atoms with van der Waals surface area (Å²) < 4.78 is 0. The van der Waals surface area contributed by atoms with Crippen molar-refractivity contribution in [1.82, 2.24) is 5.43 Å². The first kappa shape index (κ1) is 27.6. The minimum atomic E-state index is -0.368. The first-order chi connectivity index (χ1) is 15.3. The second-order valence-electron chi connectivity index (χ2n) is 5.52. The van der Waals surface area contributed by atoms with Crippen LogP contribution in [0.5, 0.6) is 0 Å². The van der Waals surface area contributed by atoms with Crippen molar-refractivity contribution in [2.75, 3.05) is 5.32 Å². The van der Waals surface area contributed by atoms with E-state index in [0.717, 1.165) is 22.5 Å². The highest BCUT2D eigenvalue weighted by atomic mass is 16.2. The maximum atomic E-state index is 12.1. The molecular weight excluding hydrogens is 382 g/mol. The molecule has 4 nitrogen and oxygen atoms in total. The molecule has 0 saturated heterocycles. The van der Waals surface area contributed by atoms with E-state index in [1.54, 1.807) is 0 Å². The Morgan fingerprint density at radius 3 is 1.65 bits per heavy atom. The Kier molecular flexibility index (Phi) is 16.6. The van der Waals surface area contributed by atoms with Crippen LogP contribution in [-0.2, 0) is 6.42 Å². The number of hydrogen-bond acceptors (Lipinski definition) is 2. The summed E-state index contributed by atoms with van der Waals surface area (Å²) in [6, 6.07) is 28.8. The zero-order valence-electron chi connectivity index (χ0n) is 19.7. The summed E-state index contributed by atoms with van der Waals surface area (Å²) in [6.07, 6.45) is 0.635. The number of hydrogen-bond donors (Lipinski definition) is 2. The molecule has 0 aromatic heterocycles. The molecule has 4 heteroatoms. The molecule has 2 amide bonds.